The highest BCUT2D eigenvalue weighted by molar-refractivity contribution is 7.93. The molecule has 0 spiro atoms. The first-order valence-corrected chi connectivity index (χ1v) is 15.4. The van der Waals surface area contributed by atoms with Gasteiger partial charge in [0.25, 0.3) is 11.8 Å². The molecule has 2 atom stereocenters. The van der Waals surface area contributed by atoms with E-state index in [-0.39, 0.29) is 21.8 Å². The monoisotopic (exact) mass is 667 g/mol. The molecule has 1 aromatic heterocycles. The van der Waals surface area contributed by atoms with Gasteiger partial charge in [-0.2, -0.15) is 18.4 Å². The maximum Gasteiger partial charge on any atom is 0.416 e. The maximum absolute atomic E-state index is 14.5. The van der Waals surface area contributed by atoms with Gasteiger partial charge in [-0.15, -0.1) is 0 Å². The van der Waals surface area contributed by atoms with Crippen molar-refractivity contribution in [2.75, 3.05) is 15.4 Å². The summed E-state index contributed by atoms with van der Waals surface area (Å²) in [6.45, 7) is 0. The number of pyridine rings is 1. The molecule has 1 aliphatic carbocycles. The molecule has 16 heteroatoms. The van der Waals surface area contributed by atoms with Crippen LogP contribution in [0.5, 0.6) is 0 Å². The highest BCUT2D eigenvalue weighted by atomic mass is 35.5. The molecule has 45 heavy (non-hydrogen) atoms. The zero-order chi connectivity index (χ0) is 32.8. The number of alkyl halides is 5. The van der Waals surface area contributed by atoms with E-state index in [1.54, 1.807) is 0 Å². The van der Waals surface area contributed by atoms with E-state index in [2.05, 4.69) is 15.6 Å². The minimum atomic E-state index is -4.78. The van der Waals surface area contributed by atoms with Gasteiger partial charge in [0.2, 0.25) is 15.9 Å². The third-order valence-corrected chi connectivity index (χ3v) is 9.83. The van der Waals surface area contributed by atoms with Gasteiger partial charge in [-0.05, 0) is 48.4 Å². The van der Waals surface area contributed by atoms with Crippen LogP contribution in [-0.2, 0) is 25.8 Å². The number of amides is 2. The molecule has 236 valence electrons. The van der Waals surface area contributed by atoms with Crippen molar-refractivity contribution in [2.45, 2.75) is 48.9 Å². The first-order chi connectivity index (χ1) is 21.1. The molecule has 1 saturated heterocycles. The number of carbonyl (C=O) groups excluding carboxylic acids is 2. The second-order valence-electron chi connectivity index (χ2n) is 10.7. The Labute approximate surface area is 259 Å². The van der Waals surface area contributed by atoms with E-state index in [4.69, 9.17) is 11.6 Å². The van der Waals surface area contributed by atoms with Crippen LogP contribution >= 0.6 is 11.6 Å². The van der Waals surface area contributed by atoms with Gasteiger partial charge in [-0.1, -0.05) is 35.9 Å². The van der Waals surface area contributed by atoms with Crippen molar-refractivity contribution < 1.29 is 40.0 Å². The van der Waals surface area contributed by atoms with Crippen LogP contribution in [0.25, 0.3) is 0 Å². The summed E-state index contributed by atoms with van der Waals surface area (Å²) in [7, 11) is -4.50. The fourth-order valence-electron chi connectivity index (χ4n) is 5.65. The van der Waals surface area contributed by atoms with E-state index < -0.39 is 87.8 Å². The maximum atomic E-state index is 14.5. The number of carbonyl (C=O) groups is 2. The zero-order valence-electron chi connectivity index (χ0n) is 23.0. The Bertz CT molecular complexity index is 1810. The minimum Gasteiger partial charge on any atom is -0.352 e. The fourth-order valence-corrected chi connectivity index (χ4v) is 7.81. The van der Waals surface area contributed by atoms with Crippen LogP contribution in [0, 0.1) is 11.3 Å². The number of hydrogen-bond acceptors (Lipinski definition) is 6. The molecule has 2 heterocycles. The molecule has 2 amide bonds. The third kappa shape index (κ3) is 6.16. The normalized spacial score (nSPS) is 21.3. The summed E-state index contributed by atoms with van der Waals surface area (Å²) in [6, 6.07) is 12.4. The summed E-state index contributed by atoms with van der Waals surface area (Å²) >= 11 is 6.50. The van der Waals surface area contributed by atoms with Gasteiger partial charge in [-0.3, -0.25) is 9.59 Å². The van der Waals surface area contributed by atoms with E-state index in [1.165, 1.54) is 30.3 Å². The molecule has 2 fully saturated rings. The lowest BCUT2D eigenvalue weighted by Gasteiger charge is -2.43. The summed E-state index contributed by atoms with van der Waals surface area (Å²) in [6.07, 6.45) is -5.68. The van der Waals surface area contributed by atoms with E-state index in [9.17, 15) is 45.2 Å². The predicted molar refractivity (Wildman–Crippen MR) is 153 cm³/mol. The van der Waals surface area contributed by atoms with Crippen LogP contribution in [0.4, 0.5) is 33.5 Å². The Kier molecular flexibility index (Phi) is 8.26. The second kappa shape index (κ2) is 11.6. The van der Waals surface area contributed by atoms with Crippen molar-refractivity contribution in [1.82, 2.24) is 10.3 Å². The number of nitriles is 1. The largest absolute Gasteiger partial charge is 0.416 e. The Morgan fingerprint density at radius 1 is 1.09 bits per heavy atom. The topological polar surface area (TPSA) is 132 Å². The lowest BCUT2D eigenvalue weighted by atomic mass is 9.74. The van der Waals surface area contributed by atoms with Gasteiger partial charge in [0, 0.05) is 35.8 Å². The molecule has 0 bridgehead atoms. The van der Waals surface area contributed by atoms with Crippen molar-refractivity contribution in [3.8, 4) is 6.07 Å². The number of sulfonamides is 1. The molecule has 1 aliphatic heterocycles. The molecule has 2 aliphatic rings. The van der Waals surface area contributed by atoms with Crippen LogP contribution in [0.1, 0.15) is 41.9 Å². The summed E-state index contributed by atoms with van der Waals surface area (Å²) in [5.41, 5.74) is -4.07. The lowest BCUT2D eigenvalue weighted by molar-refractivity contribution is -0.137. The van der Waals surface area contributed by atoms with E-state index in [0.29, 0.717) is 10.4 Å². The number of aromatic nitrogens is 1. The number of halogens is 6. The Morgan fingerprint density at radius 2 is 1.80 bits per heavy atom. The van der Waals surface area contributed by atoms with Crippen molar-refractivity contribution >= 4 is 44.9 Å². The quantitative estimate of drug-likeness (QED) is 0.331. The van der Waals surface area contributed by atoms with Crippen LogP contribution in [0.2, 0.25) is 5.02 Å². The molecule has 5 rings (SSSR count). The van der Waals surface area contributed by atoms with Gasteiger partial charge in [0.1, 0.15) is 5.82 Å². The van der Waals surface area contributed by atoms with Crippen molar-refractivity contribution in [3.63, 3.8) is 0 Å². The molecule has 0 radical (unpaired) electrons. The molecule has 9 nitrogen and oxygen atoms in total. The van der Waals surface area contributed by atoms with Crippen LogP contribution in [0.15, 0.2) is 66.9 Å². The summed E-state index contributed by atoms with van der Waals surface area (Å²) in [5.74, 6) is -8.26. The van der Waals surface area contributed by atoms with Crippen LogP contribution in [0.3, 0.4) is 0 Å². The number of rotatable bonds is 7. The number of nitrogens with one attached hydrogen (secondary N) is 2. The summed E-state index contributed by atoms with van der Waals surface area (Å²) < 4.78 is 96.0. The van der Waals surface area contributed by atoms with Gasteiger partial charge in [0.15, 0.2) is 5.54 Å². The van der Waals surface area contributed by atoms with Crippen molar-refractivity contribution in [3.05, 3.63) is 88.6 Å². The number of nitrogens with zero attached hydrogens (tertiary/aromatic N) is 3. The fraction of sp³-hybridized carbons (Fsp3) is 0.310. The van der Waals surface area contributed by atoms with Crippen LogP contribution in [-0.4, -0.2) is 48.5 Å². The van der Waals surface area contributed by atoms with Gasteiger partial charge in [0.05, 0.1) is 28.9 Å². The number of anilines is 2. The first-order valence-electron chi connectivity index (χ1n) is 13.4. The van der Waals surface area contributed by atoms with Gasteiger partial charge >= 0.3 is 6.18 Å². The van der Waals surface area contributed by atoms with E-state index >= 15 is 0 Å². The van der Waals surface area contributed by atoms with Crippen LogP contribution < -0.4 is 14.9 Å². The minimum absolute atomic E-state index is 0.0512. The average Bonchev–Trinajstić information content (AvgIpc) is 3.24. The number of hydrogen-bond donors (Lipinski definition) is 2. The highest BCUT2D eigenvalue weighted by Gasteiger charge is 2.63. The molecule has 1 unspecified atom stereocenters. The Hall–Kier alpha value is -4.29. The van der Waals surface area contributed by atoms with Gasteiger partial charge in [-0.25, -0.2) is 26.5 Å². The van der Waals surface area contributed by atoms with Gasteiger partial charge < -0.3 is 10.6 Å². The third-order valence-electron chi connectivity index (χ3n) is 7.70. The molecule has 2 N–H and O–H groups in total. The molecular weight excluding hydrogens is 645 g/mol. The molecule has 1 saturated carbocycles. The Morgan fingerprint density at radius 3 is 2.44 bits per heavy atom. The van der Waals surface area contributed by atoms with E-state index in [1.807, 2.05) is 6.07 Å². The predicted octanol–water partition coefficient (Wildman–Crippen LogP) is 5.24. The smallest absolute Gasteiger partial charge is 0.352 e. The highest BCUT2D eigenvalue weighted by Crippen LogP contribution is 2.48. The SMILES string of the molecule is N#Cc1ccnc(N2C(C(=O)Nc3cccc(C(F)(F)F)c3)([C@H](C(=O)NC3CC(F)(F)C3)c3ccccc3Cl)CCS2(=O)=O)c1. The molecular formula is C29H23ClF5N5O4S. The average molecular weight is 668 g/mol. The second-order valence-corrected chi connectivity index (χ2v) is 13.1. The molecule has 2 aromatic carbocycles. The standard InChI is InChI=1S/C29H23ClF5N5O4S/c30-22-7-2-1-6-21(22)24(25(41)38-20-14-27(31,32)15-20)28(26(42)39-19-5-3-4-18(13-19)29(33,34)35)9-11-45(43,44)40(28)23-12-17(16-36)8-10-37-23/h1-8,10,12-13,20,24H,9,11,14-15H2,(H,38,41)(H,39,42)/t24-,28?/m0/s1. The lowest BCUT2D eigenvalue weighted by Crippen LogP contribution is -2.63. The Balaban J connectivity index is 1.73. The first kappa shape index (κ1) is 32.1. The number of benzene rings is 2. The summed E-state index contributed by atoms with van der Waals surface area (Å²) in [5, 5.41) is 14.2. The van der Waals surface area contributed by atoms with E-state index in [0.717, 1.165) is 30.5 Å². The zero-order valence-corrected chi connectivity index (χ0v) is 24.6. The van der Waals surface area contributed by atoms with Crippen molar-refractivity contribution in [1.29, 1.82) is 5.26 Å². The van der Waals surface area contributed by atoms with Crippen molar-refractivity contribution in [2.24, 2.45) is 0 Å². The summed E-state index contributed by atoms with van der Waals surface area (Å²) in [4.78, 5) is 32.7. The molecule has 3 aromatic rings.